The maximum Gasteiger partial charge on any atom is 0.138 e. The van der Waals surface area contributed by atoms with Crippen molar-refractivity contribution in [2.24, 2.45) is 0 Å². The van der Waals surface area contributed by atoms with Gasteiger partial charge in [0.15, 0.2) is 0 Å². The monoisotopic (exact) mass is 337 g/mol. The van der Waals surface area contributed by atoms with Crippen LogP contribution in [-0.4, -0.2) is 14.5 Å². The van der Waals surface area contributed by atoms with Crippen molar-refractivity contribution >= 4 is 21.9 Å². The van der Waals surface area contributed by atoms with Gasteiger partial charge in [-0.25, -0.2) is 4.98 Å². The molecule has 0 aliphatic heterocycles. The van der Waals surface area contributed by atoms with Crippen LogP contribution >= 0.6 is 0 Å². The molecule has 0 atom stereocenters. The SMILES string of the molecule is Cc1ccc(Cn2ccc3cc(-c4nc5ccccc5[nH]4)ccc32)cc1. The molecule has 0 aliphatic rings. The quantitative estimate of drug-likeness (QED) is 0.461. The topological polar surface area (TPSA) is 33.6 Å². The number of aryl methyl sites for hydroxylation is 1. The van der Waals surface area contributed by atoms with Crippen LogP contribution in [0.4, 0.5) is 0 Å². The predicted octanol–water partition coefficient (Wildman–Crippen LogP) is 5.54. The third-order valence-electron chi connectivity index (χ3n) is 4.91. The zero-order valence-corrected chi connectivity index (χ0v) is 14.6. The van der Waals surface area contributed by atoms with E-state index in [1.54, 1.807) is 0 Å². The highest BCUT2D eigenvalue weighted by Crippen LogP contribution is 2.26. The number of aromatic amines is 1. The minimum Gasteiger partial charge on any atom is -0.343 e. The fourth-order valence-corrected chi connectivity index (χ4v) is 3.47. The van der Waals surface area contributed by atoms with Gasteiger partial charge in [-0.2, -0.15) is 0 Å². The molecule has 0 aliphatic carbocycles. The number of nitrogens with zero attached hydrogens (tertiary/aromatic N) is 2. The van der Waals surface area contributed by atoms with Crippen LogP contribution in [0.5, 0.6) is 0 Å². The van der Waals surface area contributed by atoms with E-state index >= 15 is 0 Å². The Morgan fingerprint density at radius 2 is 1.77 bits per heavy atom. The normalized spacial score (nSPS) is 11.4. The number of para-hydroxylation sites is 2. The van der Waals surface area contributed by atoms with Crippen molar-refractivity contribution in [1.29, 1.82) is 0 Å². The van der Waals surface area contributed by atoms with E-state index in [1.165, 1.54) is 22.0 Å². The van der Waals surface area contributed by atoms with E-state index in [2.05, 4.69) is 77.3 Å². The van der Waals surface area contributed by atoms with Crippen LogP contribution in [0, 0.1) is 6.92 Å². The van der Waals surface area contributed by atoms with Crippen LogP contribution in [0.1, 0.15) is 11.1 Å². The van der Waals surface area contributed by atoms with Crippen LogP contribution < -0.4 is 0 Å². The number of hydrogen-bond acceptors (Lipinski definition) is 1. The number of rotatable bonds is 3. The molecule has 0 saturated carbocycles. The molecule has 3 aromatic carbocycles. The van der Waals surface area contributed by atoms with Crippen LogP contribution in [0.3, 0.4) is 0 Å². The number of H-pyrrole nitrogens is 1. The summed E-state index contributed by atoms with van der Waals surface area (Å²) in [6, 6.07) is 25.6. The summed E-state index contributed by atoms with van der Waals surface area (Å²) in [5, 5.41) is 1.23. The number of aromatic nitrogens is 3. The van der Waals surface area contributed by atoms with Gasteiger partial charge in [-0.15, -0.1) is 0 Å². The summed E-state index contributed by atoms with van der Waals surface area (Å²) in [6.07, 6.45) is 2.16. The summed E-state index contributed by atoms with van der Waals surface area (Å²) in [6.45, 7) is 3.00. The summed E-state index contributed by atoms with van der Waals surface area (Å²) < 4.78 is 2.29. The van der Waals surface area contributed by atoms with Gasteiger partial charge < -0.3 is 9.55 Å². The van der Waals surface area contributed by atoms with E-state index in [0.717, 1.165) is 29.0 Å². The van der Waals surface area contributed by atoms with E-state index < -0.39 is 0 Å². The zero-order valence-electron chi connectivity index (χ0n) is 14.6. The Morgan fingerprint density at radius 3 is 2.62 bits per heavy atom. The first-order valence-electron chi connectivity index (χ1n) is 8.86. The Bertz CT molecular complexity index is 1180. The first-order chi connectivity index (χ1) is 12.8. The van der Waals surface area contributed by atoms with Crippen LogP contribution in [0.25, 0.3) is 33.3 Å². The molecular formula is C23H19N3. The number of fused-ring (bicyclic) bond motifs is 2. The van der Waals surface area contributed by atoms with Crippen molar-refractivity contribution in [2.75, 3.05) is 0 Å². The minimum atomic E-state index is 0.883. The zero-order chi connectivity index (χ0) is 17.5. The smallest absolute Gasteiger partial charge is 0.138 e. The summed E-state index contributed by atoms with van der Waals surface area (Å²) >= 11 is 0. The van der Waals surface area contributed by atoms with Crippen LogP contribution in [0.15, 0.2) is 79.0 Å². The lowest BCUT2D eigenvalue weighted by Gasteiger charge is -2.07. The molecule has 26 heavy (non-hydrogen) atoms. The fourth-order valence-electron chi connectivity index (χ4n) is 3.47. The number of hydrogen-bond donors (Lipinski definition) is 1. The molecule has 0 radical (unpaired) electrons. The van der Waals surface area contributed by atoms with Crippen LogP contribution in [0.2, 0.25) is 0 Å². The second-order valence-corrected chi connectivity index (χ2v) is 6.81. The lowest BCUT2D eigenvalue weighted by molar-refractivity contribution is 0.836. The lowest BCUT2D eigenvalue weighted by atomic mass is 10.1. The Kier molecular flexibility index (Phi) is 3.39. The largest absolute Gasteiger partial charge is 0.343 e. The van der Waals surface area contributed by atoms with E-state index in [-0.39, 0.29) is 0 Å². The highest BCUT2D eigenvalue weighted by atomic mass is 15.0. The maximum absolute atomic E-state index is 4.71. The molecule has 0 bridgehead atoms. The molecule has 1 N–H and O–H groups in total. The standard InChI is InChI=1S/C23H19N3/c1-16-6-8-17(9-7-16)15-26-13-12-18-14-19(10-11-22(18)26)23-24-20-4-2-3-5-21(20)25-23/h2-14H,15H2,1H3,(H,24,25). The average Bonchev–Trinajstić information content (AvgIpc) is 3.27. The summed E-state index contributed by atoms with van der Waals surface area (Å²) in [5.41, 5.74) is 7.03. The first-order valence-corrected chi connectivity index (χ1v) is 8.86. The van der Waals surface area contributed by atoms with Crippen molar-refractivity contribution in [3.8, 4) is 11.4 Å². The third-order valence-corrected chi connectivity index (χ3v) is 4.91. The van der Waals surface area contributed by atoms with Crippen LogP contribution in [-0.2, 0) is 6.54 Å². The van der Waals surface area contributed by atoms with Gasteiger partial charge in [-0.3, -0.25) is 0 Å². The van der Waals surface area contributed by atoms with Crippen molar-refractivity contribution < 1.29 is 0 Å². The second kappa shape index (κ2) is 5.88. The molecule has 0 saturated heterocycles. The van der Waals surface area contributed by atoms with Gasteiger partial charge in [0.1, 0.15) is 5.82 Å². The van der Waals surface area contributed by atoms with Gasteiger partial charge in [0.2, 0.25) is 0 Å². The van der Waals surface area contributed by atoms with E-state index in [1.807, 2.05) is 18.2 Å². The predicted molar refractivity (Wildman–Crippen MR) is 107 cm³/mol. The van der Waals surface area contributed by atoms with E-state index in [0.29, 0.717) is 0 Å². The summed E-state index contributed by atoms with van der Waals surface area (Å²) in [5.74, 6) is 0.916. The highest BCUT2D eigenvalue weighted by Gasteiger charge is 2.08. The van der Waals surface area contributed by atoms with Gasteiger partial charge in [-0.05, 0) is 48.9 Å². The molecule has 0 amide bonds. The van der Waals surface area contributed by atoms with Crippen molar-refractivity contribution in [1.82, 2.24) is 14.5 Å². The van der Waals surface area contributed by atoms with Crippen molar-refractivity contribution in [3.05, 3.63) is 90.1 Å². The van der Waals surface area contributed by atoms with E-state index in [9.17, 15) is 0 Å². The first kappa shape index (κ1) is 15.0. The summed E-state index contributed by atoms with van der Waals surface area (Å²) in [7, 11) is 0. The Morgan fingerprint density at radius 1 is 0.923 bits per heavy atom. The molecule has 3 heteroatoms. The molecule has 5 rings (SSSR count). The Hall–Kier alpha value is -3.33. The Balaban J connectivity index is 1.51. The molecule has 5 aromatic rings. The second-order valence-electron chi connectivity index (χ2n) is 6.81. The van der Waals surface area contributed by atoms with Gasteiger partial charge in [0.25, 0.3) is 0 Å². The molecule has 0 spiro atoms. The summed E-state index contributed by atoms with van der Waals surface area (Å²) in [4.78, 5) is 8.12. The lowest BCUT2D eigenvalue weighted by Crippen LogP contribution is -1.97. The molecular weight excluding hydrogens is 318 g/mol. The average molecular weight is 337 g/mol. The maximum atomic E-state index is 4.71. The molecule has 2 aromatic heterocycles. The van der Waals surface area contributed by atoms with Gasteiger partial charge >= 0.3 is 0 Å². The minimum absolute atomic E-state index is 0.883. The van der Waals surface area contributed by atoms with E-state index in [4.69, 9.17) is 4.98 Å². The van der Waals surface area contributed by atoms with Crippen molar-refractivity contribution in [3.63, 3.8) is 0 Å². The molecule has 126 valence electrons. The number of nitrogens with one attached hydrogen (secondary N) is 1. The highest BCUT2D eigenvalue weighted by molar-refractivity contribution is 5.86. The number of benzene rings is 3. The third kappa shape index (κ3) is 2.58. The Labute approximate surface area is 151 Å². The van der Waals surface area contributed by atoms with Gasteiger partial charge in [-0.1, -0.05) is 42.0 Å². The van der Waals surface area contributed by atoms with Crippen molar-refractivity contribution in [2.45, 2.75) is 13.5 Å². The van der Waals surface area contributed by atoms with Gasteiger partial charge in [0, 0.05) is 29.2 Å². The number of imidazole rings is 1. The molecule has 2 heterocycles. The fraction of sp³-hybridized carbons (Fsp3) is 0.0870. The molecule has 3 nitrogen and oxygen atoms in total. The van der Waals surface area contributed by atoms with Gasteiger partial charge in [0.05, 0.1) is 11.0 Å². The molecule has 0 unspecified atom stereocenters. The molecule has 0 fully saturated rings.